The molecule has 0 saturated carbocycles. The van der Waals surface area contributed by atoms with Crippen molar-refractivity contribution >= 4 is 6.03 Å². The zero-order valence-corrected chi connectivity index (χ0v) is 9.85. The van der Waals surface area contributed by atoms with Crippen molar-refractivity contribution in [3.63, 3.8) is 0 Å². The molecule has 6 heteroatoms. The monoisotopic (exact) mass is 240 g/mol. The molecule has 4 atom stereocenters. The van der Waals surface area contributed by atoms with Crippen LogP contribution in [0.5, 0.6) is 0 Å². The Morgan fingerprint density at radius 2 is 1.94 bits per heavy atom. The highest BCUT2D eigenvalue weighted by molar-refractivity contribution is 5.75. The number of carbonyl (C=O) groups excluding carboxylic acids is 1. The smallest absolute Gasteiger partial charge is 0.317 e. The van der Waals surface area contributed by atoms with Crippen LogP contribution in [0.3, 0.4) is 0 Å². The first kappa shape index (κ1) is 11.3. The normalized spacial score (nSPS) is 40.6. The summed E-state index contributed by atoms with van der Waals surface area (Å²) in [6.45, 7) is 2.81. The van der Waals surface area contributed by atoms with Gasteiger partial charge < -0.3 is 26.0 Å². The Balaban J connectivity index is 1.55. The van der Waals surface area contributed by atoms with E-state index < -0.39 is 6.10 Å². The van der Waals surface area contributed by atoms with Crippen LogP contribution in [0, 0.1) is 0 Å². The van der Waals surface area contributed by atoms with Gasteiger partial charge in [0, 0.05) is 38.3 Å². The molecule has 0 spiro atoms. The molecule has 0 aliphatic carbocycles. The van der Waals surface area contributed by atoms with Crippen molar-refractivity contribution in [1.29, 1.82) is 0 Å². The Hall–Kier alpha value is -0.850. The molecule has 0 aromatic carbocycles. The lowest BCUT2D eigenvalue weighted by molar-refractivity contribution is 0.143. The van der Waals surface area contributed by atoms with Crippen LogP contribution in [0.4, 0.5) is 4.79 Å². The summed E-state index contributed by atoms with van der Waals surface area (Å²) >= 11 is 0. The highest BCUT2D eigenvalue weighted by Gasteiger charge is 2.35. The predicted octanol–water partition coefficient (Wildman–Crippen LogP) is -1.54. The van der Waals surface area contributed by atoms with Gasteiger partial charge in [-0.15, -0.1) is 0 Å². The van der Waals surface area contributed by atoms with Gasteiger partial charge in [-0.05, 0) is 12.8 Å². The van der Waals surface area contributed by atoms with Crippen LogP contribution < -0.4 is 16.0 Å². The number of likely N-dealkylation sites (tertiary alicyclic amines) is 1. The van der Waals surface area contributed by atoms with Crippen LogP contribution in [0.15, 0.2) is 0 Å². The van der Waals surface area contributed by atoms with Crippen molar-refractivity contribution in [3.8, 4) is 0 Å². The lowest BCUT2D eigenvalue weighted by Crippen LogP contribution is -2.57. The number of hydrogen-bond donors (Lipinski definition) is 4. The van der Waals surface area contributed by atoms with Crippen LogP contribution in [0.25, 0.3) is 0 Å². The highest BCUT2D eigenvalue weighted by Crippen LogP contribution is 2.20. The fourth-order valence-electron chi connectivity index (χ4n) is 3.02. The maximum absolute atomic E-state index is 12.1. The Bertz CT molecular complexity index is 300. The average molecular weight is 240 g/mol. The summed E-state index contributed by atoms with van der Waals surface area (Å²) in [5, 5.41) is 19.1. The molecule has 3 saturated heterocycles. The SMILES string of the molecule is O=C(N[C@H]1CNC[C@@H]1O)N1CC2CCC(C1)N2. The number of urea groups is 1. The molecule has 0 aromatic rings. The fourth-order valence-corrected chi connectivity index (χ4v) is 3.02. The van der Waals surface area contributed by atoms with Gasteiger partial charge in [-0.2, -0.15) is 0 Å². The number of nitrogens with zero attached hydrogens (tertiary/aromatic N) is 1. The molecule has 3 fully saturated rings. The molecule has 96 valence electrons. The van der Waals surface area contributed by atoms with Gasteiger partial charge in [0.2, 0.25) is 0 Å². The van der Waals surface area contributed by atoms with Crippen LogP contribution in [-0.4, -0.2) is 66.4 Å². The fraction of sp³-hybridized carbons (Fsp3) is 0.909. The van der Waals surface area contributed by atoms with Crippen molar-refractivity contribution in [2.75, 3.05) is 26.2 Å². The third-order valence-electron chi connectivity index (χ3n) is 3.99. The number of hydrogen-bond acceptors (Lipinski definition) is 4. The average Bonchev–Trinajstić information content (AvgIpc) is 2.86. The topological polar surface area (TPSA) is 76.6 Å². The van der Waals surface area contributed by atoms with Gasteiger partial charge in [0.25, 0.3) is 0 Å². The minimum Gasteiger partial charge on any atom is -0.390 e. The summed E-state index contributed by atoms with van der Waals surface area (Å²) in [6, 6.07) is 0.753. The molecule has 4 N–H and O–H groups in total. The van der Waals surface area contributed by atoms with E-state index in [9.17, 15) is 9.90 Å². The third kappa shape index (κ3) is 2.25. The number of fused-ring (bicyclic) bond motifs is 2. The Labute approximate surface area is 101 Å². The lowest BCUT2D eigenvalue weighted by atomic mass is 10.2. The van der Waals surface area contributed by atoms with Crippen molar-refractivity contribution < 1.29 is 9.90 Å². The maximum Gasteiger partial charge on any atom is 0.317 e. The Morgan fingerprint density at radius 3 is 2.53 bits per heavy atom. The molecule has 2 unspecified atom stereocenters. The number of β-amino-alcohol motifs (C(OH)–C–C–N with tert-alkyl or cyclic N) is 1. The summed E-state index contributed by atoms with van der Waals surface area (Å²) < 4.78 is 0. The molecule has 6 nitrogen and oxygen atoms in total. The number of carbonyl (C=O) groups is 1. The van der Waals surface area contributed by atoms with E-state index in [0.717, 1.165) is 13.1 Å². The van der Waals surface area contributed by atoms with Crippen molar-refractivity contribution in [3.05, 3.63) is 0 Å². The van der Waals surface area contributed by atoms with E-state index in [0.29, 0.717) is 25.2 Å². The van der Waals surface area contributed by atoms with Crippen molar-refractivity contribution in [2.24, 2.45) is 0 Å². The van der Waals surface area contributed by atoms with Crippen molar-refractivity contribution in [2.45, 2.75) is 37.1 Å². The number of amides is 2. The van der Waals surface area contributed by atoms with E-state index in [1.165, 1.54) is 12.8 Å². The minimum absolute atomic E-state index is 0.0313. The summed E-state index contributed by atoms with van der Waals surface area (Å²) in [4.78, 5) is 13.9. The van der Waals surface area contributed by atoms with Gasteiger partial charge in [0.1, 0.15) is 0 Å². The number of aliphatic hydroxyl groups is 1. The van der Waals surface area contributed by atoms with Gasteiger partial charge in [0.05, 0.1) is 12.1 Å². The van der Waals surface area contributed by atoms with Crippen molar-refractivity contribution in [1.82, 2.24) is 20.9 Å². The maximum atomic E-state index is 12.1. The van der Waals surface area contributed by atoms with Gasteiger partial charge in [-0.1, -0.05) is 0 Å². The molecule has 3 heterocycles. The molecule has 2 amide bonds. The van der Waals surface area contributed by atoms with E-state index in [2.05, 4.69) is 16.0 Å². The minimum atomic E-state index is -0.460. The van der Waals surface area contributed by atoms with E-state index in [4.69, 9.17) is 0 Å². The van der Waals surface area contributed by atoms with Gasteiger partial charge in [-0.3, -0.25) is 0 Å². The lowest BCUT2D eigenvalue weighted by Gasteiger charge is -2.33. The van der Waals surface area contributed by atoms with Crippen LogP contribution in [-0.2, 0) is 0 Å². The summed E-state index contributed by atoms with van der Waals surface area (Å²) in [5.74, 6) is 0. The molecule has 3 aliphatic heterocycles. The van der Waals surface area contributed by atoms with E-state index in [1.54, 1.807) is 0 Å². The third-order valence-corrected chi connectivity index (χ3v) is 3.99. The number of piperazine rings is 1. The second-order valence-electron chi connectivity index (χ2n) is 5.32. The van der Waals surface area contributed by atoms with E-state index >= 15 is 0 Å². The first-order valence-corrected chi connectivity index (χ1v) is 6.42. The largest absolute Gasteiger partial charge is 0.390 e. The Kier molecular flexibility index (Phi) is 2.94. The summed E-state index contributed by atoms with van der Waals surface area (Å²) in [6.07, 6.45) is 1.88. The highest BCUT2D eigenvalue weighted by atomic mass is 16.3. The quantitative estimate of drug-likeness (QED) is 0.448. The first-order chi connectivity index (χ1) is 8.22. The molecule has 3 aliphatic rings. The van der Waals surface area contributed by atoms with Gasteiger partial charge in [0.15, 0.2) is 0 Å². The zero-order chi connectivity index (χ0) is 11.8. The number of nitrogens with one attached hydrogen (secondary N) is 3. The molecular weight excluding hydrogens is 220 g/mol. The molecule has 0 aromatic heterocycles. The van der Waals surface area contributed by atoms with Crippen LogP contribution in [0.2, 0.25) is 0 Å². The van der Waals surface area contributed by atoms with Crippen LogP contribution >= 0.6 is 0 Å². The van der Waals surface area contributed by atoms with Gasteiger partial charge in [-0.25, -0.2) is 4.79 Å². The number of rotatable bonds is 1. The molecule has 0 radical (unpaired) electrons. The van der Waals surface area contributed by atoms with E-state index in [-0.39, 0.29) is 12.1 Å². The number of aliphatic hydroxyl groups excluding tert-OH is 1. The zero-order valence-electron chi connectivity index (χ0n) is 9.85. The first-order valence-electron chi connectivity index (χ1n) is 6.42. The van der Waals surface area contributed by atoms with E-state index in [1.807, 2.05) is 4.90 Å². The second kappa shape index (κ2) is 4.44. The molecule has 2 bridgehead atoms. The Morgan fingerprint density at radius 1 is 1.24 bits per heavy atom. The molecular formula is C11H20N4O2. The van der Waals surface area contributed by atoms with Crippen LogP contribution in [0.1, 0.15) is 12.8 Å². The summed E-state index contributed by atoms with van der Waals surface area (Å²) in [7, 11) is 0. The van der Waals surface area contributed by atoms with Gasteiger partial charge >= 0.3 is 6.03 Å². The molecule has 17 heavy (non-hydrogen) atoms. The predicted molar refractivity (Wildman–Crippen MR) is 62.7 cm³/mol. The summed E-state index contributed by atoms with van der Waals surface area (Å²) in [5.41, 5.74) is 0. The second-order valence-corrected chi connectivity index (χ2v) is 5.32. The standard InChI is InChI=1S/C11H20N4O2/c16-10-4-12-3-9(10)14-11(17)15-5-7-1-2-8(6-15)13-7/h7-10,12-13,16H,1-6H2,(H,14,17)/t7?,8?,9-,10-/m0/s1. The molecule has 3 rings (SSSR count).